The van der Waals surface area contributed by atoms with Crippen LogP contribution in [0.1, 0.15) is 25.3 Å². The smallest absolute Gasteiger partial charge is 0.332 e. The molecular formula is C12H21NO2Si. The second kappa shape index (κ2) is 6.78. The summed E-state index contributed by atoms with van der Waals surface area (Å²) in [5.41, 5.74) is 1.10. The Bertz CT molecular complexity index is 290. The molecule has 90 valence electrons. The van der Waals surface area contributed by atoms with Crippen LogP contribution in [0.4, 0.5) is 0 Å². The van der Waals surface area contributed by atoms with Gasteiger partial charge in [0.05, 0.1) is 6.61 Å². The average molecular weight is 239 g/mol. The third-order valence-electron chi connectivity index (χ3n) is 2.26. The second-order valence-electron chi connectivity index (χ2n) is 4.25. The molecule has 0 aliphatic heterocycles. The minimum atomic E-state index is -1.95. The summed E-state index contributed by atoms with van der Waals surface area (Å²) in [5, 5.41) is 0. The lowest BCUT2D eigenvalue weighted by Crippen LogP contribution is -2.34. The van der Waals surface area contributed by atoms with Crippen molar-refractivity contribution < 1.29 is 8.85 Å². The first-order valence-corrected chi connectivity index (χ1v) is 8.62. The first-order valence-electron chi connectivity index (χ1n) is 5.81. The standard InChI is InChI=1S/C12H21NO2Si/c1-4-5-9-14-16(2,3)15-11-12-7-6-8-13-10-12/h6-8,10H,4-5,9,11H2,1-3H3. The molecule has 0 aliphatic carbocycles. The van der Waals surface area contributed by atoms with Crippen LogP contribution in [0, 0.1) is 0 Å². The van der Waals surface area contributed by atoms with Crippen molar-refractivity contribution in [1.82, 2.24) is 4.98 Å². The average Bonchev–Trinajstić information content (AvgIpc) is 2.28. The Balaban J connectivity index is 2.30. The van der Waals surface area contributed by atoms with E-state index in [1.807, 2.05) is 18.3 Å². The molecule has 0 amide bonds. The van der Waals surface area contributed by atoms with Crippen molar-refractivity contribution in [3.05, 3.63) is 30.1 Å². The lowest BCUT2D eigenvalue weighted by atomic mass is 10.3. The van der Waals surface area contributed by atoms with Crippen LogP contribution in [-0.2, 0) is 15.5 Å². The van der Waals surface area contributed by atoms with E-state index in [0.717, 1.165) is 25.0 Å². The number of aromatic nitrogens is 1. The number of unbranched alkanes of at least 4 members (excludes halogenated alkanes) is 1. The topological polar surface area (TPSA) is 31.4 Å². The Morgan fingerprint density at radius 3 is 2.75 bits per heavy atom. The number of hydrogen-bond donors (Lipinski definition) is 0. The van der Waals surface area contributed by atoms with E-state index in [4.69, 9.17) is 8.85 Å². The van der Waals surface area contributed by atoms with E-state index in [9.17, 15) is 0 Å². The third-order valence-corrected chi connectivity index (χ3v) is 4.00. The number of pyridine rings is 1. The predicted molar refractivity (Wildman–Crippen MR) is 67.4 cm³/mol. The van der Waals surface area contributed by atoms with E-state index < -0.39 is 8.56 Å². The molecule has 1 aromatic rings. The molecule has 0 N–H and O–H groups in total. The molecule has 0 unspecified atom stereocenters. The maximum absolute atomic E-state index is 5.84. The molecule has 0 aromatic carbocycles. The summed E-state index contributed by atoms with van der Waals surface area (Å²) in [7, 11) is -1.95. The summed E-state index contributed by atoms with van der Waals surface area (Å²) < 4.78 is 11.6. The van der Waals surface area contributed by atoms with Crippen molar-refractivity contribution in [2.45, 2.75) is 39.5 Å². The van der Waals surface area contributed by atoms with Gasteiger partial charge in [0, 0.05) is 19.0 Å². The molecule has 1 rings (SSSR count). The summed E-state index contributed by atoms with van der Waals surface area (Å²) in [6, 6.07) is 3.94. The van der Waals surface area contributed by atoms with Gasteiger partial charge in [0.25, 0.3) is 0 Å². The molecule has 1 heterocycles. The van der Waals surface area contributed by atoms with Gasteiger partial charge in [0.2, 0.25) is 0 Å². The Hall–Kier alpha value is -0.713. The van der Waals surface area contributed by atoms with Crippen LogP contribution in [0.5, 0.6) is 0 Å². The Labute approximate surface area is 99.1 Å². The lowest BCUT2D eigenvalue weighted by molar-refractivity contribution is 0.169. The first-order chi connectivity index (χ1) is 7.64. The van der Waals surface area contributed by atoms with Gasteiger partial charge in [-0.25, -0.2) is 0 Å². The van der Waals surface area contributed by atoms with Crippen LogP contribution in [-0.4, -0.2) is 20.2 Å². The highest BCUT2D eigenvalue weighted by Gasteiger charge is 2.24. The summed E-state index contributed by atoms with van der Waals surface area (Å²) in [6.45, 7) is 7.73. The van der Waals surface area contributed by atoms with Gasteiger partial charge in [0.15, 0.2) is 0 Å². The van der Waals surface area contributed by atoms with Gasteiger partial charge in [-0.1, -0.05) is 19.4 Å². The van der Waals surface area contributed by atoms with E-state index in [0.29, 0.717) is 6.61 Å². The molecular weight excluding hydrogens is 218 g/mol. The van der Waals surface area contributed by atoms with E-state index in [1.165, 1.54) is 0 Å². The minimum absolute atomic E-state index is 0.596. The molecule has 16 heavy (non-hydrogen) atoms. The first kappa shape index (κ1) is 13.4. The molecule has 0 aliphatic rings. The van der Waals surface area contributed by atoms with Crippen LogP contribution in [0.2, 0.25) is 13.1 Å². The fraction of sp³-hybridized carbons (Fsp3) is 0.583. The van der Waals surface area contributed by atoms with Crippen LogP contribution in [0.15, 0.2) is 24.5 Å². The van der Waals surface area contributed by atoms with Gasteiger partial charge in [-0.15, -0.1) is 0 Å². The molecule has 0 fully saturated rings. The molecule has 1 aromatic heterocycles. The molecule has 0 radical (unpaired) electrons. The highest BCUT2D eigenvalue weighted by molar-refractivity contribution is 6.64. The van der Waals surface area contributed by atoms with E-state index in [-0.39, 0.29) is 0 Å². The maximum atomic E-state index is 5.84. The monoisotopic (exact) mass is 239 g/mol. The number of nitrogens with zero attached hydrogens (tertiary/aromatic N) is 1. The van der Waals surface area contributed by atoms with E-state index >= 15 is 0 Å². The number of rotatable bonds is 7. The highest BCUT2D eigenvalue weighted by Crippen LogP contribution is 2.11. The molecule has 4 heteroatoms. The highest BCUT2D eigenvalue weighted by atomic mass is 28.4. The van der Waals surface area contributed by atoms with Crippen molar-refractivity contribution in [2.24, 2.45) is 0 Å². The van der Waals surface area contributed by atoms with Crippen molar-refractivity contribution in [2.75, 3.05) is 6.61 Å². The van der Waals surface area contributed by atoms with Crippen LogP contribution >= 0.6 is 0 Å². The van der Waals surface area contributed by atoms with Gasteiger partial charge >= 0.3 is 8.56 Å². The van der Waals surface area contributed by atoms with Gasteiger partial charge in [-0.2, -0.15) is 0 Å². The second-order valence-corrected chi connectivity index (χ2v) is 7.63. The molecule has 0 spiro atoms. The van der Waals surface area contributed by atoms with Gasteiger partial charge < -0.3 is 8.85 Å². The number of hydrogen-bond acceptors (Lipinski definition) is 3. The van der Waals surface area contributed by atoms with E-state index in [2.05, 4.69) is 25.0 Å². The molecule has 0 saturated heterocycles. The minimum Gasteiger partial charge on any atom is -0.395 e. The summed E-state index contributed by atoms with van der Waals surface area (Å²) in [5.74, 6) is 0. The summed E-state index contributed by atoms with van der Waals surface area (Å²) in [4.78, 5) is 4.06. The van der Waals surface area contributed by atoms with Crippen molar-refractivity contribution in [3.8, 4) is 0 Å². The van der Waals surface area contributed by atoms with Gasteiger partial charge in [0.1, 0.15) is 0 Å². The predicted octanol–water partition coefficient (Wildman–Crippen LogP) is 3.12. The zero-order valence-electron chi connectivity index (χ0n) is 10.4. The Kier molecular flexibility index (Phi) is 5.66. The van der Waals surface area contributed by atoms with Crippen molar-refractivity contribution >= 4 is 8.56 Å². The van der Waals surface area contributed by atoms with Crippen molar-refractivity contribution in [3.63, 3.8) is 0 Å². The summed E-state index contributed by atoms with van der Waals surface area (Å²) in [6.07, 6.45) is 5.86. The van der Waals surface area contributed by atoms with Gasteiger partial charge in [-0.05, 0) is 31.1 Å². The van der Waals surface area contributed by atoms with Crippen LogP contribution in [0.25, 0.3) is 0 Å². The zero-order chi connectivity index (χ0) is 11.9. The molecule has 0 saturated carbocycles. The summed E-state index contributed by atoms with van der Waals surface area (Å²) >= 11 is 0. The largest absolute Gasteiger partial charge is 0.395 e. The fourth-order valence-corrected chi connectivity index (χ4v) is 2.48. The molecule has 0 atom stereocenters. The maximum Gasteiger partial charge on any atom is 0.332 e. The molecule has 0 bridgehead atoms. The SMILES string of the molecule is CCCCO[Si](C)(C)OCc1cccnc1. The zero-order valence-corrected chi connectivity index (χ0v) is 11.4. The third kappa shape index (κ3) is 5.39. The van der Waals surface area contributed by atoms with Crippen molar-refractivity contribution in [1.29, 1.82) is 0 Å². The van der Waals surface area contributed by atoms with Crippen LogP contribution in [0.3, 0.4) is 0 Å². The van der Waals surface area contributed by atoms with Crippen LogP contribution < -0.4 is 0 Å². The normalized spacial score (nSPS) is 11.7. The molecule has 3 nitrogen and oxygen atoms in total. The fourth-order valence-electron chi connectivity index (χ4n) is 1.24. The quantitative estimate of drug-likeness (QED) is 0.541. The Morgan fingerprint density at radius 2 is 2.12 bits per heavy atom. The lowest BCUT2D eigenvalue weighted by Gasteiger charge is -2.22. The van der Waals surface area contributed by atoms with E-state index in [1.54, 1.807) is 6.20 Å². The Morgan fingerprint density at radius 1 is 1.31 bits per heavy atom. The van der Waals surface area contributed by atoms with Gasteiger partial charge in [-0.3, -0.25) is 4.98 Å².